The Labute approximate surface area is 118 Å². The summed E-state index contributed by atoms with van der Waals surface area (Å²) >= 11 is 7.15. The standard InChI is InChI=1S/C14H9ClO3S/c1-7-4-12(14(16)17)19-13(7)11-6-8-5-9(15)2-3-10(8)18-11/h2-6H,1H3,(H,16,17). The molecule has 0 unspecified atom stereocenters. The van der Waals surface area contributed by atoms with E-state index in [1.807, 2.05) is 25.1 Å². The van der Waals surface area contributed by atoms with Gasteiger partial charge in [-0.2, -0.15) is 0 Å². The largest absolute Gasteiger partial charge is 0.477 e. The smallest absolute Gasteiger partial charge is 0.345 e. The Morgan fingerprint density at radius 1 is 1.32 bits per heavy atom. The third kappa shape index (κ3) is 2.13. The van der Waals surface area contributed by atoms with Crippen LogP contribution < -0.4 is 0 Å². The van der Waals surface area contributed by atoms with Crippen LogP contribution in [-0.2, 0) is 0 Å². The maximum Gasteiger partial charge on any atom is 0.345 e. The molecule has 0 bridgehead atoms. The highest BCUT2D eigenvalue weighted by atomic mass is 35.5. The highest BCUT2D eigenvalue weighted by molar-refractivity contribution is 7.17. The second-order valence-electron chi connectivity index (χ2n) is 4.22. The number of aryl methyl sites for hydroxylation is 1. The van der Waals surface area contributed by atoms with Crippen LogP contribution in [0.1, 0.15) is 15.2 Å². The van der Waals surface area contributed by atoms with Crippen molar-refractivity contribution in [2.24, 2.45) is 0 Å². The molecule has 0 saturated carbocycles. The minimum absolute atomic E-state index is 0.311. The summed E-state index contributed by atoms with van der Waals surface area (Å²) in [6.45, 7) is 1.87. The van der Waals surface area contributed by atoms with Crippen molar-refractivity contribution in [1.29, 1.82) is 0 Å². The number of carboxylic acid groups (broad SMARTS) is 1. The average molecular weight is 293 g/mol. The fourth-order valence-electron chi connectivity index (χ4n) is 1.96. The maximum atomic E-state index is 11.0. The van der Waals surface area contributed by atoms with Gasteiger partial charge in [0.2, 0.25) is 0 Å². The van der Waals surface area contributed by atoms with Crippen molar-refractivity contribution in [3.05, 3.63) is 45.8 Å². The van der Waals surface area contributed by atoms with E-state index in [1.165, 1.54) is 11.3 Å². The molecule has 3 nitrogen and oxygen atoms in total. The lowest BCUT2D eigenvalue weighted by Gasteiger charge is -1.92. The van der Waals surface area contributed by atoms with Gasteiger partial charge in [-0.1, -0.05) is 11.6 Å². The first-order valence-corrected chi connectivity index (χ1v) is 6.77. The molecule has 3 rings (SSSR count). The molecule has 0 radical (unpaired) electrons. The first-order chi connectivity index (χ1) is 9.04. The molecule has 0 fully saturated rings. The molecular formula is C14H9ClO3S. The summed E-state index contributed by atoms with van der Waals surface area (Å²) in [7, 11) is 0. The Hall–Kier alpha value is -1.78. The van der Waals surface area contributed by atoms with Gasteiger partial charge < -0.3 is 9.52 Å². The number of carboxylic acids is 1. The van der Waals surface area contributed by atoms with Crippen molar-refractivity contribution in [2.75, 3.05) is 0 Å². The fraction of sp³-hybridized carbons (Fsp3) is 0.0714. The van der Waals surface area contributed by atoms with Crippen LogP contribution in [0, 0.1) is 6.92 Å². The van der Waals surface area contributed by atoms with Gasteiger partial charge in [0.15, 0.2) is 0 Å². The Bertz CT molecular complexity index is 785. The van der Waals surface area contributed by atoms with Crippen LogP contribution in [-0.4, -0.2) is 11.1 Å². The molecule has 2 aromatic heterocycles. The molecule has 2 heterocycles. The molecule has 0 atom stereocenters. The third-order valence-electron chi connectivity index (χ3n) is 2.83. The van der Waals surface area contributed by atoms with Crippen molar-refractivity contribution in [2.45, 2.75) is 6.92 Å². The van der Waals surface area contributed by atoms with Crippen LogP contribution >= 0.6 is 22.9 Å². The molecule has 1 N–H and O–H groups in total. The summed E-state index contributed by atoms with van der Waals surface area (Å²) in [4.78, 5) is 12.1. The second-order valence-corrected chi connectivity index (χ2v) is 5.71. The van der Waals surface area contributed by atoms with E-state index in [0.29, 0.717) is 15.7 Å². The summed E-state index contributed by atoms with van der Waals surface area (Å²) in [5.74, 6) is -0.245. The van der Waals surface area contributed by atoms with E-state index in [0.717, 1.165) is 21.4 Å². The average Bonchev–Trinajstić information content (AvgIpc) is 2.91. The van der Waals surface area contributed by atoms with Crippen LogP contribution in [0.4, 0.5) is 0 Å². The predicted octanol–water partition coefficient (Wildman–Crippen LogP) is 4.82. The normalized spacial score (nSPS) is 11.1. The van der Waals surface area contributed by atoms with Crippen molar-refractivity contribution in [3.8, 4) is 10.6 Å². The fourth-order valence-corrected chi connectivity index (χ4v) is 3.10. The number of hydrogen-bond donors (Lipinski definition) is 1. The molecule has 19 heavy (non-hydrogen) atoms. The van der Waals surface area contributed by atoms with Gasteiger partial charge in [0.1, 0.15) is 16.2 Å². The minimum atomic E-state index is -0.918. The summed E-state index contributed by atoms with van der Waals surface area (Å²) in [5.41, 5.74) is 1.64. The summed E-state index contributed by atoms with van der Waals surface area (Å²) in [6, 6.07) is 8.93. The lowest BCUT2D eigenvalue weighted by Crippen LogP contribution is -1.89. The number of carbonyl (C=O) groups is 1. The SMILES string of the molecule is Cc1cc(C(=O)O)sc1-c1cc2cc(Cl)ccc2o1. The van der Waals surface area contributed by atoms with Gasteiger partial charge in [0.25, 0.3) is 0 Å². The molecular weight excluding hydrogens is 284 g/mol. The second kappa shape index (κ2) is 4.40. The van der Waals surface area contributed by atoms with E-state index in [9.17, 15) is 4.79 Å². The first-order valence-electron chi connectivity index (χ1n) is 5.58. The number of benzene rings is 1. The quantitative estimate of drug-likeness (QED) is 0.736. The molecule has 0 aliphatic rings. The molecule has 0 amide bonds. The van der Waals surface area contributed by atoms with Crippen molar-refractivity contribution in [1.82, 2.24) is 0 Å². The molecule has 96 valence electrons. The number of rotatable bonds is 2. The van der Waals surface area contributed by atoms with Crippen LogP contribution in [0.25, 0.3) is 21.6 Å². The van der Waals surface area contributed by atoms with E-state index < -0.39 is 5.97 Å². The van der Waals surface area contributed by atoms with Gasteiger partial charge in [0.05, 0.1) is 4.88 Å². The molecule has 0 aliphatic carbocycles. The molecule has 5 heteroatoms. The molecule has 0 saturated heterocycles. The summed E-state index contributed by atoms with van der Waals surface area (Å²) < 4.78 is 5.74. The number of hydrogen-bond acceptors (Lipinski definition) is 3. The Morgan fingerprint density at radius 2 is 2.11 bits per heavy atom. The molecule has 1 aromatic carbocycles. The first kappa shape index (κ1) is 12.3. The molecule has 3 aromatic rings. The zero-order chi connectivity index (χ0) is 13.6. The zero-order valence-electron chi connectivity index (χ0n) is 9.94. The van der Waals surface area contributed by atoms with E-state index in [1.54, 1.807) is 12.1 Å². The van der Waals surface area contributed by atoms with Gasteiger partial charge >= 0.3 is 5.97 Å². The highest BCUT2D eigenvalue weighted by Gasteiger charge is 2.15. The molecule has 0 aliphatic heterocycles. The molecule has 0 spiro atoms. The van der Waals surface area contributed by atoms with Gasteiger partial charge in [-0.25, -0.2) is 4.79 Å². The van der Waals surface area contributed by atoms with Crippen molar-refractivity contribution < 1.29 is 14.3 Å². The Kier molecular flexibility index (Phi) is 2.84. The number of thiophene rings is 1. The predicted molar refractivity (Wildman–Crippen MR) is 76.2 cm³/mol. The van der Waals surface area contributed by atoms with Gasteiger partial charge in [-0.3, -0.25) is 0 Å². The van der Waals surface area contributed by atoms with Crippen molar-refractivity contribution >= 4 is 39.9 Å². The van der Waals surface area contributed by atoms with Crippen LogP contribution in [0.3, 0.4) is 0 Å². The Morgan fingerprint density at radius 3 is 2.79 bits per heavy atom. The maximum absolute atomic E-state index is 11.0. The number of aromatic carboxylic acids is 1. The summed E-state index contributed by atoms with van der Waals surface area (Å²) in [5, 5.41) is 10.6. The highest BCUT2D eigenvalue weighted by Crippen LogP contribution is 2.36. The van der Waals surface area contributed by atoms with Crippen molar-refractivity contribution in [3.63, 3.8) is 0 Å². The topological polar surface area (TPSA) is 50.4 Å². The van der Waals surface area contributed by atoms with Gasteiger partial charge in [0, 0.05) is 10.4 Å². The lowest BCUT2D eigenvalue weighted by molar-refractivity contribution is 0.0702. The van der Waals surface area contributed by atoms with Crippen LogP contribution in [0.5, 0.6) is 0 Å². The number of halogens is 1. The lowest BCUT2D eigenvalue weighted by atomic mass is 10.2. The zero-order valence-corrected chi connectivity index (χ0v) is 11.5. The summed E-state index contributed by atoms with van der Waals surface area (Å²) in [6.07, 6.45) is 0. The van der Waals surface area contributed by atoms with Gasteiger partial charge in [-0.05, 0) is 42.8 Å². The Balaban J connectivity index is 2.16. The number of fused-ring (bicyclic) bond motifs is 1. The number of furan rings is 1. The van der Waals surface area contributed by atoms with Crippen LogP contribution in [0.2, 0.25) is 5.02 Å². The van der Waals surface area contributed by atoms with E-state index in [2.05, 4.69) is 0 Å². The van der Waals surface area contributed by atoms with E-state index in [4.69, 9.17) is 21.1 Å². The van der Waals surface area contributed by atoms with E-state index >= 15 is 0 Å². The van der Waals surface area contributed by atoms with Gasteiger partial charge in [-0.15, -0.1) is 11.3 Å². The van der Waals surface area contributed by atoms with E-state index in [-0.39, 0.29) is 0 Å². The minimum Gasteiger partial charge on any atom is -0.477 e. The monoisotopic (exact) mass is 292 g/mol. The third-order valence-corrected chi connectivity index (χ3v) is 4.31. The van der Waals surface area contributed by atoms with Crippen LogP contribution in [0.15, 0.2) is 34.7 Å².